The zero-order chi connectivity index (χ0) is 14.1. The molecule has 6 nitrogen and oxygen atoms in total. The van der Waals surface area contributed by atoms with Gasteiger partial charge in [0.1, 0.15) is 5.69 Å². The third-order valence-corrected chi connectivity index (χ3v) is 3.13. The number of hydrogen-bond acceptors (Lipinski definition) is 5. The first kappa shape index (κ1) is 15.3. The van der Waals surface area contributed by atoms with Gasteiger partial charge in [-0.1, -0.05) is 17.5 Å². The van der Waals surface area contributed by atoms with Gasteiger partial charge in [-0.3, -0.25) is 9.78 Å². The van der Waals surface area contributed by atoms with Crippen molar-refractivity contribution < 1.29 is 30.5 Å². The van der Waals surface area contributed by atoms with Gasteiger partial charge in [0.15, 0.2) is 5.82 Å². The van der Waals surface area contributed by atoms with Crippen LogP contribution in [0.1, 0.15) is 21.6 Å². The Morgan fingerprint density at radius 3 is 2.86 bits per heavy atom. The van der Waals surface area contributed by atoms with Crippen LogP contribution in [0.15, 0.2) is 29.2 Å². The minimum absolute atomic E-state index is 0. The summed E-state index contributed by atoms with van der Waals surface area (Å²) < 4.78 is 4.55. The number of fused-ring (bicyclic) bond motifs is 1. The Labute approximate surface area is 135 Å². The molecule has 21 heavy (non-hydrogen) atoms. The summed E-state index contributed by atoms with van der Waals surface area (Å²) in [5, 5.41) is 11.7. The van der Waals surface area contributed by atoms with E-state index in [9.17, 15) is 4.79 Å². The van der Waals surface area contributed by atoms with Crippen molar-refractivity contribution in [1.29, 1.82) is 0 Å². The molecule has 0 aliphatic carbocycles. The van der Waals surface area contributed by atoms with E-state index in [-0.39, 0.29) is 27.0 Å². The van der Waals surface area contributed by atoms with E-state index in [2.05, 4.69) is 31.3 Å². The van der Waals surface area contributed by atoms with Crippen molar-refractivity contribution in [2.75, 3.05) is 5.32 Å². The van der Waals surface area contributed by atoms with Crippen LogP contribution in [0.25, 0.3) is 10.8 Å². The Morgan fingerprint density at radius 1 is 1.33 bits per heavy atom. The topological polar surface area (TPSA) is 80.9 Å². The smallest absolute Gasteiger partial charge is 0.215 e. The van der Waals surface area contributed by atoms with Gasteiger partial charge in [-0.15, -0.1) is 29.1 Å². The van der Waals surface area contributed by atoms with Crippen LogP contribution >= 0.6 is 0 Å². The number of rotatable bonds is 2. The molecule has 106 valence electrons. The number of carbonyl (C=O) groups is 1. The van der Waals surface area contributed by atoms with Crippen LogP contribution in [0.5, 0.6) is 0 Å². The molecule has 7 heteroatoms. The summed E-state index contributed by atoms with van der Waals surface area (Å²) in [5.74, 6) is 0.0454. The standard InChI is InChI=1S/C14H11N4O2.W/c1-8-11(4-3-10-5-6-15-7-12(8)10)14(19)16-13-9(2)17-20-18-13;/h4-7H,1-2H3,(H,16,18,19);/q-1;. The molecule has 0 aliphatic rings. The second kappa shape index (κ2) is 6.14. The normalized spacial score (nSPS) is 10.2. The van der Waals surface area contributed by atoms with Crippen LogP contribution in [-0.4, -0.2) is 21.2 Å². The van der Waals surface area contributed by atoms with Crippen molar-refractivity contribution in [3.63, 3.8) is 0 Å². The summed E-state index contributed by atoms with van der Waals surface area (Å²) in [5.41, 5.74) is 1.90. The molecule has 1 aromatic carbocycles. The first-order chi connectivity index (χ1) is 9.66. The molecule has 0 spiro atoms. The quantitative estimate of drug-likeness (QED) is 0.606. The summed E-state index contributed by atoms with van der Waals surface area (Å²) in [6.07, 6.45) is 3.42. The molecule has 1 amide bonds. The van der Waals surface area contributed by atoms with Gasteiger partial charge in [0.2, 0.25) is 5.91 Å². The van der Waals surface area contributed by atoms with Crippen LogP contribution in [0.3, 0.4) is 0 Å². The minimum atomic E-state index is -0.275. The van der Waals surface area contributed by atoms with E-state index in [1.807, 2.05) is 13.0 Å². The monoisotopic (exact) mass is 451 g/mol. The number of anilines is 1. The SMILES string of the molecule is Cc1nonc1NC(=O)c1c[c-]c2ccncc2c1C.[W]. The summed E-state index contributed by atoms with van der Waals surface area (Å²) >= 11 is 0. The first-order valence-electron chi connectivity index (χ1n) is 6.02. The predicted molar refractivity (Wildman–Crippen MR) is 72.3 cm³/mol. The van der Waals surface area contributed by atoms with Gasteiger partial charge < -0.3 is 5.32 Å². The molecule has 0 fully saturated rings. The Kier molecular flexibility index (Phi) is 4.48. The zero-order valence-electron chi connectivity index (χ0n) is 11.4. The Bertz CT molecular complexity index is 801. The van der Waals surface area contributed by atoms with Crippen LogP contribution < -0.4 is 5.32 Å². The third kappa shape index (κ3) is 2.85. The Balaban J connectivity index is 0.00000161. The van der Waals surface area contributed by atoms with Gasteiger partial charge in [0.05, 0.1) is 0 Å². The van der Waals surface area contributed by atoms with Crippen molar-refractivity contribution in [3.8, 4) is 0 Å². The fourth-order valence-corrected chi connectivity index (χ4v) is 1.98. The number of carbonyl (C=O) groups excluding carboxylic acids is 1. The third-order valence-electron chi connectivity index (χ3n) is 3.13. The maximum atomic E-state index is 12.3. The van der Waals surface area contributed by atoms with Crippen LogP contribution in [0.4, 0.5) is 5.82 Å². The van der Waals surface area contributed by atoms with Gasteiger partial charge in [-0.2, -0.15) is 0 Å². The van der Waals surface area contributed by atoms with Crippen molar-refractivity contribution in [2.45, 2.75) is 13.8 Å². The molecule has 0 radical (unpaired) electrons. The maximum Gasteiger partial charge on any atom is 0.215 e. The molecule has 2 aromatic heterocycles. The molecule has 1 N–H and O–H groups in total. The average molecular weight is 451 g/mol. The van der Waals surface area contributed by atoms with E-state index in [4.69, 9.17) is 0 Å². The fraction of sp³-hybridized carbons (Fsp3) is 0.143. The minimum Gasteiger partial charge on any atom is -0.310 e. The van der Waals surface area contributed by atoms with E-state index in [1.165, 1.54) is 0 Å². The predicted octanol–water partition coefficient (Wildman–Crippen LogP) is 2.28. The van der Waals surface area contributed by atoms with Gasteiger partial charge in [0, 0.05) is 21.1 Å². The first-order valence-corrected chi connectivity index (χ1v) is 6.02. The summed E-state index contributed by atoms with van der Waals surface area (Å²) in [4.78, 5) is 16.3. The van der Waals surface area contributed by atoms with Crippen LogP contribution in [0.2, 0.25) is 0 Å². The summed E-state index contributed by atoms with van der Waals surface area (Å²) in [6, 6.07) is 6.59. The molecule has 0 saturated heterocycles. The molecule has 3 rings (SSSR count). The summed E-state index contributed by atoms with van der Waals surface area (Å²) in [6.45, 7) is 3.58. The van der Waals surface area contributed by atoms with Gasteiger partial charge >= 0.3 is 0 Å². The van der Waals surface area contributed by atoms with Gasteiger partial charge in [-0.05, 0) is 30.0 Å². The number of nitrogens with zero attached hydrogens (tertiary/aromatic N) is 3. The number of nitrogens with one attached hydrogen (secondary N) is 1. The van der Waals surface area contributed by atoms with E-state index in [0.717, 1.165) is 16.3 Å². The largest absolute Gasteiger partial charge is 0.310 e. The second-order valence-electron chi connectivity index (χ2n) is 4.40. The van der Waals surface area contributed by atoms with Crippen molar-refractivity contribution in [3.05, 3.63) is 47.4 Å². The van der Waals surface area contributed by atoms with Crippen LogP contribution in [-0.2, 0) is 21.1 Å². The molecule has 0 unspecified atom stereocenters. The fourth-order valence-electron chi connectivity index (χ4n) is 1.98. The number of hydrogen-bond donors (Lipinski definition) is 1. The molecule has 0 saturated carbocycles. The van der Waals surface area contributed by atoms with Gasteiger partial charge in [-0.25, -0.2) is 4.63 Å². The van der Waals surface area contributed by atoms with Gasteiger partial charge in [0.25, 0.3) is 0 Å². The number of pyridine rings is 1. The van der Waals surface area contributed by atoms with E-state index in [1.54, 1.807) is 25.4 Å². The molecular formula is C14H11N4O2W-. The Hall–Kier alpha value is -2.07. The molecule has 3 aromatic rings. The number of benzene rings is 1. The second-order valence-corrected chi connectivity index (χ2v) is 4.40. The zero-order valence-corrected chi connectivity index (χ0v) is 14.3. The average Bonchev–Trinajstić information content (AvgIpc) is 2.85. The van der Waals surface area contributed by atoms with Crippen molar-refractivity contribution in [1.82, 2.24) is 15.3 Å². The van der Waals surface area contributed by atoms with Crippen LogP contribution in [0, 0.1) is 19.9 Å². The van der Waals surface area contributed by atoms with E-state index < -0.39 is 0 Å². The summed E-state index contributed by atoms with van der Waals surface area (Å²) in [7, 11) is 0. The molecular weight excluding hydrogens is 440 g/mol. The number of amides is 1. The molecule has 0 bridgehead atoms. The number of aromatic nitrogens is 3. The van der Waals surface area contributed by atoms with E-state index in [0.29, 0.717) is 17.1 Å². The van der Waals surface area contributed by atoms with Crippen molar-refractivity contribution in [2.24, 2.45) is 0 Å². The molecule has 0 aliphatic heterocycles. The molecule has 2 heterocycles. The number of aryl methyl sites for hydroxylation is 2. The van der Waals surface area contributed by atoms with Crippen molar-refractivity contribution >= 4 is 22.5 Å². The Morgan fingerprint density at radius 2 is 2.14 bits per heavy atom. The maximum absolute atomic E-state index is 12.3. The molecule has 0 atom stereocenters. The van der Waals surface area contributed by atoms with E-state index >= 15 is 0 Å².